The molecule has 2 aromatic rings. The van der Waals surface area contributed by atoms with Gasteiger partial charge in [-0.1, -0.05) is 0 Å². The molecule has 0 aliphatic heterocycles. The summed E-state index contributed by atoms with van der Waals surface area (Å²) in [6.07, 6.45) is 10.2. The van der Waals surface area contributed by atoms with Crippen LogP contribution in [0.2, 0.25) is 0 Å². The number of nitrogens with zero attached hydrogens (tertiary/aromatic N) is 3. The van der Waals surface area contributed by atoms with E-state index in [9.17, 15) is 5.11 Å². The molecule has 2 saturated carbocycles. The fourth-order valence-corrected chi connectivity index (χ4v) is 3.68. The summed E-state index contributed by atoms with van der Waals surface area (Å²) < 4.78 is 4.35. The Bertz CT molecular complexity index is 602. The Morgan fingerprint density at radius 1 is 1.23 bits per heavy atom. The van der Waals surface area contributed by atoms with E-state index < -0.39 is 0 Å². The molecular weight excluding hydrogens is 276 g/mol. The summed E-state index contributed by atoms with van der Waals surface area (Å²) in [5.41, 5.74) is 1.34. The Kier molecular flexibility index (Phi) is 3.76. The lowest BCUT2D eigenvalue weighted by atomic mass is 10.1. The first-order chi connectivity index (χ1) is 10.8. The average molecular weight is 300 g/mol. The lowest BCUT2D eigenvalue weighted by molar-refractivity contribution is 0.145. The highest BCUT2D eigenvalue weighted by Crippen LogP contribution is 2.36. The summed E-state index contributed by atoms with van der Waals surface area (Å²) in [5.74, 6) is 0.502. The topological polar surface area (TPSA) is 55.0 Å². The normalized spacial score (nSPS) is 28.3. The number of hydrogen-bond acceptors (Lipinski definition) is 3. The Morgan fingerprint density at radius 3 is 2.91 bits per heavy atom. The third kappa shape index (κ3) is 2.96. The Hall–Kier alpha value is -1.59. The zero-order valence-corrected chi connectivity index (χ0v) is 12.8. The zero-order valence-electron chi connectivity index (χ0n) is 12.8. The van der Waals surface area contributed by atoms with Gasteiger partial charge in [0.1, 0.15) is 0 Å². The molecule has 4 rings (SSSR count). The highest BCUT2D eigenvalue weighted by molar-refractivity contribution is 5.11. The molecule has 2 N–H and O–H groups in total. The molecule has 5 heteroatoms. The second kappa shape index (κ2) is 5.89. The van der Waals surface area contributed by atoms with E-state index >= 15 is 0 Å². The number of aliphatic hydroxyl groups is 1. The number of aromatic nitrogens is 3. The van der Waals surface area contributed by atoms with Gasteiger partial charge in [-0.2, -0.15) is 5.10 Å². The molecule has 118 valence electrons. The summed E-state index contributed by atoms with van der Waals surface area (Å²) >= 11 is 0. The molecule has 2 heterocycles. The van der Waals surface area contributed by atoms with Crippen LogP contribution in [0.1, 0.15) is 37.4 Å². The first-order valence-electron chi connectivity index (χ1n) is 8.34. The first kappa shape index (κ1) is 14.0. The van der Waals surface area contributed by atoms with Crippen LogP contribution >= 0.6 is 0 Å². The molecule has 3 atom stereocenters. The van der Waals surface area contributed by atoms with Gasteiger partial charge in [-0.3, -0.25) is 4.68 Å². The van der Waals surface area contributed by atoms with Crippen molar-refractivity contribution < 1.29 is 5.11 Å². The second-order valence-corrected chi connectivity index (χ2v) is 6.76. The molecule has 2 aliphatic rings. The molecule has 2 aliphatic carbocycles. The van der Waals surface area contributed by atoms with Crippen molar-refractivity contribution in [3.63, 3.8) is 0 Å². The van der Waals surface area contributed by atoms with Gasteiger partial charge in [0.05, 0.1) is 6.10 Å². The van der Waals surface area contributed by atoms with Gasteiger partial charge >= 0.3 is 0 Å². The Morgan fingerprint density at radius 2 is 2.14 bits per heavy atom. The van der Waals surface area contributed by atoms with E-state index in [-0.39, 0.29) is 12.1 Å². The maximum atomic E-state index is 10.3. The molecule has 0 spiro atoms. The van der Waals surface area contributed by atoms with Crippen LogP contribution in [-0.2, 0) is 13.1 Å². The van der Waals surface area contributed by atoms with Crippen LogP contribution in [0.15, 0.2) is 36.8 Å². The van der Waals surface area contributed by atoms with Gasteiger partial charge in [0.15, 0.2) is 0 Å². The third-order valence-corrected chi connectivity index (χ3v) is 4.98. The van der Waals surface area contributed by atoms with Crippen LogP contribution in [0.25, 0.3) is 0 Å². The molecule has 2 fully saturated rings. The van der Waals surface area contributed by atoms with Crippen LogP contribution in [0.5, 0.6) is 0 Å². The lowest BCUT2D eigenvalue weighted by Gasteiger charge is -2.17. The lowest BCUT2D eigenvalue weighted by Crippen LogP contribution is -2.35. The molecule has 0 bridgehead atoms. The molecule has 5 nitrogen and oxygen atoms in total. The third-order valence-electron chi connectivity index (χ3n) is 4.98. The van der Waals surface area contributed by atoms with E-state index in [1.54, 1.807) is 0 Å². The molecule has 0 amide bonds. The number of aliphatic hydroxyl groups excluding tert-OH is 1. The molecular formula is C17H24N4O. The van der Waals surface area contributed by atoms with E-state index in [2.05, 4.69) is 33.3 Å². The monoisotopic (exact) mass is 300 g/mol. The quantitative estimate of drug-likeness (QED) is 0.857. The maximum Gasteiger partial charge on any atom is 0.0696 e. The SMILES string of the molecule is O[C@@H]1CC(Cn2cccn2)C[C@H]1NCc1cccn1C1CC1. The predicted molar refractivity (Wildman–Crippen MR) is 84.3 cm³/mol. The van der Waals surface area contributed by atoms with E-state index in [1.165, 1.54) is 18.5 Å². The Labute approximate surface area is 130 Å². The Balaban J connectivity index is 1.32. The highest BCUT2D eigenvalue weighted by Gasteiger charge is 2.33. The molecule has 0 saturated heterocycles. The second-order valence-electron chi connectivity index (χ2n) is 6.76. The highest BCUT2D eigenvalue weighted by atomic mass is 16.3. The van der Waals surface area contributed by atoms with Gasteiger partial charge in [0.25, 0.3) is 0 Å². The molecule has 22 heavy (non-hydrogen) atoms. The van der Waals surface area contributed by atoms with E-state index in [0.717, 1.165) is 25.9 Å². The van der Waals surface area contributed by atoms with Gasteiger partial charge in [-0.15, -0.1) is 0 Å². The van der Waals surface area contributed by atoms with Crippen molar-refractivity contribution in [2.75, 3.05) is 0 Å². The van der Waals surface area contributed by atoms with Crippen molar-refractivity contribution in [3.05, 3.63) is 42.5 Å². The molecule has 1 unspecified atom stereocenters. The summed E-state index contributed by atoms with van der Waals surface area (Å²) in [6.45, 7) is 1.75. The average Bonchev–Trinajstić information content (AvgIpc) is 2.90. The summed E-state index contributed by atoms with van der Waals surface area (Å²) in [4.78, 5) is 0. The molecule has 2 aromatic heterocycles. The van der Waals surface area contributed by atoms with E-state index in [0.29, 0.717) is 12.0 Å². The summed E-state index contributed by atoms with van der Waals surface area (Å²) in [6, 6.07) is 7.18. The van der Waals surface area contributed by atoms with Crippen molar-refractivity contribution in [2.45, 2.75) is 57.0 Å². The number of nitrogens with one attached hydrogen (secondary N) is 1. The maximum absolute atomic E-state index is 10.3. The van der Waals surface area contributed by atoms with Gasteiger partial charge in [0, 0.05) is 49.5 Å². The van der Waals surface area contributed by atoms with E-state index in [1.807, 2.05) is 23.1 Å². The minimum Gasteiger partial charge on any atom is -0.391 e. The number of rotatable bonds is 6. The standard InChI is InChI=1S/C17H24N4O/c22-17-10-13(12-20-7-2-6-19-20)9-16(17)18-11-15-3-1-8-21(15)14-4-5-14/h1-3,6-8,13-14,16-18,22H,4-5,9-12H2/t13?,16-,17-/m1/s1. The molecule has 0 aromatic carbocycles. The number of hydrogen-bond donors (Lipinski definition) is 2. The van der Waals surface area contributed by atoms with Gasteiger partial charge in [-0.05, 0) is 49.8 Å². The van der Waals surface area contributed by atoms with Crippen LogP contribution in [0, 0.1) is 5.92 Å². The van der Waals surface area contributed by atoms with Crippen molar-refractivity contribution >= 4 is 0 Å². The summed E-state index contributed by atoms with van der Waals surface area (Å²) in [5, 5.41) is 18.1. The smallest absolute Gasteiger partial charge is 0.0696 e. The predicted octanol–water partition coefficient (Wildman–Crippen LogP) is 1.95. The van der Waals surface area contributed by atoms with Gasteiger partial charge in [-0.25, -0.2) is 0 Å². The van der Waals surface area contributed by atoms with Crippen LogP contribution < -0.4 is 5.32 Å². The van der Waals surface area contributed by atoms with Crippen molar-refractivity contribution in [3.8, 4) is 0 Å². The van der Waals surface area contributed by atoms with E-state index in [4.69, 9.17) is 0 Å². The molecule has 0 radical (unpaired) electrons. The minimum atomic E-state index is -0.245. The van der Waals surface area contributed by atoms with Gasteiger partial charge < -0.3 is 15.0 Å². The first-order valence-corrected chi connectivity index (χ1v) is 8.34. The summed E-state index contributed by atoms with van der Waals surface area (Å²) in [7, 11) is 0. The van der Waals surface area contributed by atoms with Crippen molar-refractivity contribution in [1.29, 1.82) is 0 Å². The fraction of sp³-hybridized carbons (Fsp3) is 0.588. The largest absolute Gasteiger partial charge is 0.391 e. The van der Waals surface area contributed by atoms with Crippen LogP contribution in [0.4, 0.5) is 0 Å². The minimum absolute atomic E-state index is 0.197. The van der Waals surface area contributed by atoms with Crippen LogP contribution in [-0.4, -0.2) is 31.6 Å². The van der Waals surface area contributed by atoms with Gasteiger partial charge in [0.2, 0.25) is 0 Å². The zero-order chi connectivity index (χ0) is 14.9. The van der Waals surface area contributed by atoms with Crippen molar-refractivity contribution in [1.82, 2.24) is 19.7 Å². The van der Waals surface area contributed by atoms with Crippen molar-refractivity contribution in [2.24, 2.45) is 5.92 Å². The fourth-order valence-electron chi connectivity index (χ4n) is 3.68. The van der Waals surface area contributed by atoms with Crippen LogP contribution in [0.3, 0.4) is 0 Å².